The van der Waals surface area contributed by atoms with Gasteiger partial charge in [0, 0.05) is 18.1 Å². The lowest BCUT2D eigenvalue weighted by Crippen LogP contribution is -2.16. The second-order valence-electron chi connectivity index (χ2n) is 5.49. The van der Waals surface area contributed by atoms with E-state index in [1.807, 2.05) is 6.92 Å². The van der Waals surface area contributed by atoms with Gasteiger partial charge in [-0.15, -0.1) is 0 Å². The Kier molecular flexibility index (Phi) is 12.9. The molecule has 0 heterocycles. The third kappa shape index (κ3) is 14.5. The molecule has 0 aromatic carbocycles. The van der Waals surface area contributed by atoms with Crippen LogP contribution < -0.4 is 0 Å². The highest BCUT2D eigenvalue weighted by Gasteiger charge is 2.25. The van der Waals surface area contributed by atoms with Gasteiger partial charge in [0.05, 0.1) is 0 Å². The number of hydrogen-bond donors (Lipinski definition) is 0. The summed E-state index contributed by atoms with van der Waals surface area (Å²) in [6.45, 7) is 4.53. The maximum Gasteiger partial charge on any atom is 0.389 e. The monoisotopic (exact) mass is 342 g/mol. The quantitative estimate of drug-likeness (QED) is 0.315. The van der Waals surface area contributed by atoms with Gasteiger partial charge in [0.15, 0.2) is 0 Å². The molecule has 1 unspecified atom stereocenters. The van der Waals surface area contributed by atoms with E-state index in [9.17, 15) is 18.0 Å². The lowest BCUT2D eigenvalue weighted by atomic mass is 10.2. The van der Waals surface area contributed by atoms with Crippen LogP contribution in [0.4, 0.5) is 13.2 Å². The van der Waals surface area contributed by atoms with Crippen molar-refractivity contribution < 1.29 is 22.7 Å². The van der Waals surface area contributed by atoms with Gasteiger partial charge in [-0.1, -0.05) is 33.1 Å². The zero-order valence-electron chi connectivity index (χ0n) is 13.7. The van der Waals surface area contributed by atoms with Gasteiger partial charge in [0.1, 0.15) is 6.61 Å². The van der Waals surface area contributed by atoms with Gasteiger partial charge in [-0.2, -0.15) is 24.9 Å². The molecule has 0 aliphatic carbocycles. The molecule has 2 nitrogen and oxygen atoms in total. The molecular formula is C16H29F3O2S. The van der Waals surface area contributed by atoms with Gasteiger partial charge in [0.2, 0.25) is 0 Å². The van der Waals surface area contributed by atoms with Crippen LogP contribution in [-0.4, -0.2) is 29.8 Å². The van der Waals surface area contributed by atoms with Crippen LogP contribution in [0.25, 0.3) is 0 Å². The van der Waals surface area contributed by atoms with E-state index in [4.69, 9.17) is 4.74 Å². The molecule has 0 N–H and O–H groups in total. The van der Waals surface area contributed by atoms with Crippen molar-refractivity contribution in [2.75, 3.05) is 12.4 Å². The number of thioether (sulfide) groups is 1. The maximum atomic E-state index is 12.0. The van der Waals surface area contributed by atoms with Crippen LogP contribution in [-0.2, 0) is 9.53 Å². The number of halogens is 3. The van der Waals surface area contributed by atoms with Crippen LogP contribution in [0.15, 0.2) is 0 Å². The Bertz CT molecular complexity index is 283. The fourth-order valence-corrected chi connectivity index (χ4v) is 3.24. The molecule has 132 valence electrons. The lowest BCUT2D eigenvalue weighted by molar-refractivity contribution is -0.143. The summed E-state index contributed by atoms with van der Waals surface area (Å²) in [5.74, 6) is 0.684. The second kappa shape index (κ2) is 13.1. The molecule has 0 aromatic heterocycles. The van der Waals surface area contributed by atoms with Crippen LogP contribution in [0.1, 0.15) is 71.6 Å². The summed E-state index contributed by atoms with van der Waals surface area (Å²) in [6.07, 6.45) is 1.13. The number of carbonyl (C=O) groups excluding carboxylic acids is 1. The Morgan fingerprint density at radius 1 is 1.09 bits per heavy atom. The Labute approximate surface area is 136 Å². The standard InChI is InChI=1S/C16H29F3O2S/c1-3-5-10-15(20)21-13-14(9-4-2)22-12-8-6-7-11-16(17,18)19/h14H,3-13H2,1-2H3. The number of rotatable bonds is 13. The number of esters is 1. The number of unbranched alkanes of at least 4 members (excludes halogenated alkanes) is 3. The SMILES string of the molecule is CCCCC(=O)OCC(CCC)SCCCCCC(F)(F)F. The largest absolute Gasteiger partial charge is 0.464 e. The first-order chi connectivity index (χ1) is 10.4. The molecule has 22 heavy (non-hydrogen) atoms. The minimum absolute atomic E-state index is 0.145. The first kappa shape index (κ1) is 21.6. The van der Waals surface area contributed by atoms with E-state index in [2.05, 4.69) is 6.92 Å². The first-order valence-electron chi connectivity index (χ1n) is 8.23. The summed E-state index contributed by atoms with van der Waals surface area (Å²) in [5.41, 5.74) is 0. The second-order valence-corrected chi connectivity index (χ2v) is 6.90. The van der Waals surface area contributed by atoms with Crippen molar-refractivity contribution in [3.63, 3.8) is 0 Å². The molecule has 6 heteroatoms. The third-order valence-electron chi connectivity index (χ3n) is 3.23. The number of carbonyl (C=O) groups is 1. The van der Waals surface area contributed by atoms with Gasteiger partial charge < -0.3 is 4.74 Å². The van der Waals surface area contributed by atoms with E-state index in [0.717, 1.165) is 37.9 Å². The van der Waals surface area contributed by atoms with Crippen LogP contribution >= 0.6 is 11.8 Å². The van der Waals surface area contributed by atoms with E-state index in [1.54, 1.807) is 11.8 Å². The number of ether oxygens (including phenoxy) is 1. The summed E-state index contributed by atoms with van der Waals surface area (Å²) < 4.78 is 41.3. The molecule has 0 aliphatic rings. The fraction of sp³-hybridized carbons (Fsp3) is 0.938. The predicted molar refractivity (Wildman–Crippen MR) is 86.2 cm³/mol. The lowest BCUT2D eigenvalue weighted by Gasteiger charge is -2.16. The molecule has 0 spiro atoms. The summed E-state index contributed by atoms with van der Waals surface area (Å²) >= 11 is 1.71. The van der Waals surface area contributed by atoms with E-state index in [-0.39, 0.29) is 17.6 Å². The van der Waals surface area contributed by atoms with E-state index in [0.29, 0.717) is 19.4 Å². The number of hydrogen-bond acceptors (Lipinski definition) is 3. The van der Waals surface area contributed by atoms with Crippen molar-refractivity contribution in [2.45, 2.75) is 83.1 Å². The normalized spacial score (nSPS) is 13.1. The zero-order chi connectivity index (χ0) is 16.8. The molecule has 0 rings (SSSR count). The van der Waals surface area contributed by atoms with Crippen molar-refractivity contribution in [3.8, 4) is 0 Å². The highest BCUT2D eigenvalue weighted by Crippen LogP contribution is 2.24. The van der Waals surface area contributed by atoms with Crippen LogP contribution in [0, 0.1) is 0 Å². The van der Waals surface area contributed by atoms with Gasteiger partial charge in [-0.05, 0) is 31.4 Å². The molecule has 0 aromatic rings. The molecule has 0 fully saturated rings. The maximum absolute atomic E-state index is 12.0. The Morgan fingerprint density at radius 3 is 2.41 bits per heavy atom. The smallest absolute Gasteiger partial charge is 0.389 e. The van der Waals surface area contributed by atoms with Crippen LogP contribution in [0.2, 0.25) is 0 Å². The molecule has 0 saturated carbocycles. The molecule has 0 bridgehead atoms. The highest BCUT2D eigenvalue weighted by atomic mass is 32.2. The highest BCUT2D eigenvalue weighted by molar-refractivity contribution is 7.99. The zero-order valence-corrected chi connectivity index (χ0v) is 14.5. The van der Waals surface area contributed by atoms with Gasteiger partial charge in [-0.25, -0.2) is 0 Å². The summed E-state index contributed by atoms with van der Waals surface area (Å²) in [7, 11) is 0. The van der Waals surface area contributed by atoms with Crippen LogP contribution in [0.5, 0.6) is 0 Å². The fourth-order valence-electron chi connectivity index (χ4n) is 1.97. The van der Waals surface area contributed by atoms with Gasteiger partial charge in [0.25, 0.3) is 0 Å². The predicted octanol–water partition coefficient (Wildman–Crippen LogP) is 5.74. The van der Waals surface area contributed by atoms with Crippen molar-refractivity contribution >= 4 is 17.7 Å². The minimum atomic E-state index is -4.04. The van der Waals surface area contributed by atoms with Crippen molar-refractivity contribution in [1.29, 1.82) is 0 Å². The van der Waals surface area contributed by atoms with E-state index in [1.165, 1.54) is 0 Å². The molecule has 0 amide bonds. The summed E-state index contributed by atoms with van der Waals surface area (Å²) in [5, 5.41) is 0.262. The molecule has 0 saturated heterocycles. The van der Waals surface area contributed by atoms with Gasteiger partial charge in [-0.3, -0.25) is 4.79 Å². The Morgan fingerprint density at radius 2 is 1.82 bits per heavy atom. The summed E-state index contributed by atoms with van der Waals surface area (Å²) in [4.78, 5) is 11.5. The first-order valence-corrected chi connectivity index (χ1v) is 9.27. The minimum Gasteiger partial charge on any atom is -0.464 e. The average molecular weight is 342 g/mol. The van der Waals surface area contributed by atoms with E-state index < -0.39 is 12.6 Å². The van der Waals surface area contributed by atoms with Crippen molar-refractivity contribution in [2.24, 2.45) is 0 Å². The Balaban J connectivity index is 3.74. The van der Waals surface area contributed by atoms with Gasteiger partial charge >= 0.3 is 12.1 Å². The summed E-state index contributed by atoms with van der Waals surface area (Å²) in [6, 6.07) is 0. The average Bonchev–Trinajstić information content (AvgIpc) is 2.44. The van der Waals surface area contributed by atoms with Crippen molar-refractivity contribution in [1.82, 2.24) is 0 Å². The topological polar surface area (TPSA) is 26.3 Å². The molecule has 0 radical (unpaired) electrons. The molecule has 1 atom stereocenters. The molecule has 0 aliphatic heterocycles. The molecular weight excluding hydrogens is 313 g/mol. The Hall–Kier alpha value is -0.390. The van der Waals surface area contributed by atoms with E-state index >= 15 is 0 Å². The van der Waals surface area contributed by atoms with Crippen LogP contribution in [0.3, 0.4) is 0 Å². The van der Waals surface area contributed by atoms with Crippen molar-refractivity contribution in [3.05, 3.63) is 0 Å². The number of alkyl halides is 3. The third-order valence-corrected chi connectivity index (χ3v) is 4.60.